The molecular formula is C51H59N3O9S2. The maximum atomic E-state index is 15.1. The first-order valence-electron chi connectivity index (χ1n) is 21.8. The summed E-state index contributed by atoms with van der Waals surface area (Å²) in [6.45, 7) is 2.02. The van der Waals surface area contributed by atoms with Crippen molar-refractivity contribution in [1.29, 1.82) is 0 Å². The van der Waals surface area contributed by atoms with Crippen molar-refractivity contribution < 1.29 is 44.5 Å². The molecule has 6 aromatic rings. The summed E-state index contributed by atoms with van der Waals surface area (Å²) >= 11 is 0. The van der Waals surface area contributed by atoms with Crippen LogP contribution in [0.2, 0.25) is 0 Å². The Labute approximate surface area is 388 Å². The maximum absolute atomic E-state index is 15.1. The van der Waals surface area contributed by atoms with Gasteiger partial charge < -0.3 is 50.0 Å². The van der Waals surface area contributed by atoms with Crippen LogP contribution in [0.3, 0.4) is 0 Å². The molecule has 14 heteroatoms. The lowest BCUT2D eigenvalue weighted by Crippen LogP contribution is -2.41. The number of benzene rings is 5. The van der Waals surface area contributed by atoms with E-state index < -0.39 is 30.3 Å². The largest absolute Gasteiger partial charge is 0.508 e. The number of hydrogen-bond donors (Lipinski definition) is 8. The molecule has 12 nitrogen and oxygen atoms in total. The van der Waals surface area contributed by atoms with Crippen molar-refractivity contribution in [2.45, 2.75) is 68.9 Å². The molecule has 4 atom stereocenters. The lowest BCUT2D eigenvalue weighted by atomic mass is 9.80. The zero-order valence-corrected chi connectivity index (χ0v) is 38.6. The molecule has 0 aliphatic carbocycles. The highest BCUT2D eigenvalue weighted by atomic mass is 33.1. The number of β-amino-alcohol motifs (C(OH)–C–C–N with tert-alkyl or cyclic N) is 1. The Bertz CT molecular complexity index is 2530. The van der Waals surface area contributed by atoms with Gasteiger partial charge in [-0.25, -0.2) is 0 Å². The van der Waals surface area contributed by atoms with Crippen LogP contribution in [0.15, 0.2) is 103 Å². The van der Waals surface area contributed by atoms with Gasteiger partial charge in [0.15, 0.2) is 29.8 Å². The molecule has 65 heavy (non-hydrogen) atoms. The minimum absolute atomic E-state index is 0.0210. The average Bonchev–Trinajstić information content (AvgIpc) is 3.79. The van der Waals surface area contributed by atoms with E-state index in [0.717, 1.165) is 49.7 Å². The van der Waals surface area contributed by atoms with Gasteiger partial charge in [0, 0.05) is 66.9 Å². The quantitative estimate of drug-likeness (QED) is 0.0313. The molecule has 0 amide bonds. The summed E-state index contributed by atoms with van der Waals surface area (Å²) in [6, 6.07) is 28.6. The molecule has 0 radical (unpaired) electrons. The van der Waals surface area contributed by atoms with E-state index in [-0.39, 0.29) is 36.9 Å². The Morgan fingerprint density at radius 1 is 0.938 bits per heavy atom. The Balaban J connectivity index is 1.25. The van der Waals surface area contributed by atoms with Gasteiger partial charge in [0.05, 0.1) is 18.8 Å². The summed E-state index contributed by atoms with van der Waals surface area (Å²) in [5.74, 6) is 0.654. The van der Waals surface area contributed by atoms with Crippen LogP contribution in [0.1, 0.15) is 63.8 Å². The lowest BCUT2D eigenvalue weighted by Gasteiger charge is -2.27. The maximum Gasteiger partial charge on any atom is 0.186 e. The number of phenols is 2. The van der Waals surface area contributed by atoms with E-state index in [4.69, 9.17) is 14.2 Å². The van der Waals surface area contributed by atoms with Crippen molar-refractivity contribution in [3.63, 3.8) is 0 Å². The van der Waals surface area contributed by atoms with Crippen molar-refractivity contribution >= 4 is 38.1 Å². The molecule has 5 aromatic carbocycles. The highest BCUT2D eigenvalue weighted by molar-refractivity contribution is 8.76. The van der Waals surface area contributed by atoms with Crippen LogP contribution >= 0.6 is 21.6 Å². The first kappa shape index (κ1) is 47.8. The molecule has 0 saturated heterocycles. The number of aromatic hydroxyl groups is 2. The first-order chi connectivity index (χ1) is 31.5. The van der Waals surface area contributed by atoms with Gasteiger partial charge in [0.25, 0.3) is 0 Å². The normalized spacial score (nSPS) is 17.0. The van der Waals surface area contributed by atoms with Crippen LogP contribution in [0, 0.1) is 5.92 Å². The van der Waals surface area contributed by atoms with Gasteiger partial charge in [-0.1, -0.05) is 82.3 Å². The number of carbonyl (C=O) groups excluding carboxylic acids is 1. The van der Waals surface area contributed by atoms with Crippen LogP contribution in [-0.2, 0) is 42.8 Å². The average molecular weight is 922 g/mol. The second kappa shape index (κ2) is 22.3. The van der Waals surface area contributed by atoms with Crippen molar-refractivity contribution in [2.75, 3.05) is 40.0 Å². The number of Topliss-reactive ketones (excluding diaryl/α,β-unsaturated/α-hetero) is 1. The van der Waals surface area contributed by atoms with Gasteiger partial charge in [-0.2, -0.15) is 0 Å². The number of phenolic OH excluding ortho intramolecular Hbond substituents is 2. The molecule has 0 unspecified atom stereocenters. The van der Waals surface area contributed by atoms with E-state index in [1.54, 1.807) is 49.1 Å². The van der Waals surface area contributed by atoms with Crippen LogP contribution in [-0.4, -0.2) is 88.0 Å². The van der Waals surface area contributed by atoms with E-state index in [1.165, 1.54) is 10.8 Å². The fourth-order valence-corrected chi connectivity index (χ4v) is 11.4. The number of ketones is 1. The highest BCUT2D eigenvalue weighted by Crippen LogP contribution is 2.43. The zero-order chi connectivity index (χ0) is 45.9. The molecule has 0 spiro atoms. The highest BCUT2D eigenvalue weighted by Gasteiger charge is 2.32. The van der Waals surface area contributed by atoms with E-state index in [2.05, 4.69) is 39.9 Å². The van der Waals surface area contributed by atoms with Gasteiger partial charge in [0.2, 0.25) is 0 Å². The number of aromatic nitrogens is 1. The monoisotopic (exact) mass is 921 g/mol. The van der Waals surface area contributed by atoms with E-state index in [0.29, 0.717) is 66.7 Å². The fraction of sp³-hybridized carbons (Fsp3) is 0.353. The molecule has 8 N–H and O–H groups in total. The molecule has 344 valence electrons. The Morgan fingerprint density at radius 2 is 1.75 bits per heavy atom. The van der Waals surface area contributed by atoms with Gasteiger partial charge in [0.1, 0.15) is 18.3 Å². The lowest BCUT2D eigenvalue weighted by molar-refractivity contribution is -0.123. The third-order valence-corrected chi connectivity index (χ3v) is 14.5. The number of ether oxygens (including phenoxy) is 3. The Hall–Kier alpha value is -5.19. The van der Waals surface area contributed by atoms with Gasteiger partial charge in [-0.05, 0) is 114 Å². The number of methoxy groups -OCH3 is 1. The SMILES string of the molecule is CNCc1cc(O)cc([C@@H](Cc2ccc(OCO)c3c2CSSC[C@](C)(O)CNCO3)C(=O)C[C@@H](O)[C@H](Cc2cc[nH]c2)Cc2ccc(O)c(OC)c2Cc2cccc3ccccc23)c1. The summed E-state index contributed by atoms with van der Waals surface area (Å²) in [4.78, 5) is 18.2. The Kier molecular flexibility index (Phi) is 16.4. The number of carbonyl (C=O) groups is 1. The molecular weight excluding hydrogens is 863 g/mol. The molecule has 1 aliphatic rings. The molecule has 0 bridgehead atoms. The third kappa shape index (κ3) is 12.2. The summed E-state index contributed by atoms with van der Waals surface area (Å²) in [5.41, 5.74) is 5.73. The minimum atomic E-state index is -1.09. The van der Waals surface area contributed by atoms with Crippen molar-refractivity contribution in [3.05, 3.63) is 148 Å². The summed E-state index contributed by atoms with van der Waals surface area (Å²) in [5, 5.41) is 63.7. The third-order valence-electron chi connectivity index (χ3n) is 12.0. The number of nitrogens with one attached hydrogen (secondary N) is 3. The second-order valence-corrected chi connectivity index (χ2v) is 19.4. The van der Waals surface area contributed by atoms with Crippen molar-refractivity contribution in [1.82, 2.24) is 15.6 Å². The summed E-state index contributed by atoms with van der Waals surface area (Å²) in [7, 11) is 6.43. The molecule has 0 saturated carbocycles. The number of H-pyrrole nitrogens is 1. The number of aliphatic hydroxyl groups excluding tert-OH is 2. The number of aromatic amines is 1. The standard InChI is InChI=1S/C51H59N3O9S2/c1-51(60)28-54-30-62-50-44(27-64-65-29-51)37(12-14-48(50)63-31-55)22-42(38-18-33(25-52-2)19-40(56)21-38)47(59)24-46(58)39(17-32-15-16-53-26-32)20-36-11-13-45(57)49(61-3)43(36)23-35-9-6-8-34-7-4-5-10-41(34)35/h4-16,18-19,21,26,39,42,46,52-58,60H,17,20,22-25,27-31H2,1-3H3/t39-,42-,46-,51-/m1/s1. The Morgan fingerprint density at radius 3 is 2.54 bits per heavy atom. The molecule has 0 fully saturated rings. The number of aliphatic hydroxyl groups is 3. The number of fused-ring (bicyclic) bond motifs is 2. The molecule has 1 aliphatic heterocycles. The first-order valence-corrected chi connectivity index (χ1v) is 24.3. The molecule has 2 heterocycles. The van der Waals surface area contributed by atoms with Crippen LogP contribution in [0.25, 0.3) is 10.8 Å². The summed E-state index contributed by atoms with van der Waals surface area (Å²) in [6.07, 6.45) is 3.99. The van der Waals surface area contributed by atoms with Gasteiger partial charge in [-0.15, -0.1) is 0 Å². The van der Waals surface area contributed by atoms with E-state index in [1.807, 2.05) is 61.9 Å². The predicted octanol–water partition coefficient (Wildman–Crippen LogP) is 7.55. The zero-order valence-electron chi connectivity index (χ0n) is 37.0. The van der Waals surface area contributed by atoms with E-state index >= 15 is 4.79 Å². The van der Waals surface area contributed by atoms with Gasteiger partial charge in [-0.3, -0.25) is 10.1 Å². The fourth-order valence-electron chi connectivity index (χ4n) is 8.78. The number of hydrogen-bond acceptors (Lipinski definition) is 13. The predicted molar refractivity (Wildman–Crippen MR) is 258 cm³/mol. The topological polar surface area (TPSA) is 186 Å². The van der Waals surface area contributed by atoms with Crippen molar-refractivity contribution in [3.8, 4) is 28.7 Å². The summed E-state index contributed by atoms with van der Waals surface area (Å²) < 4.78 is 17.7. The van der Waals surface area contributed by atoms with Crippen molar-refractivity contribution in [2.24, 2.45) is 5.92 Å². The van der Waals surface area contributed by atoms with Gasteiger partial charge >= 0.3 is 0 Å². The molecule has 1 aromatic heterocycles. The van der Waals surface area contributed by atoms with E-state index in [9.17, 15) is 25.5 Å². The smallest absolute Gasteiger partial charge is 0.186 e. The van der Waals surface area contributed by atoms with Crippen LogP contribution in [0.4, 0.5) is 0 Å². The van der Waals surface area contributed by atoms with Crippen LogP contribution in [0.5, 0.6) is 28.7 Å². The molecule has 7 rings (SSSR count). The second-order valence-electron chi connectivity index (χ2n) is 17.0. The van der Waals surface area contributed by atoms with Crippen LogP contribution < -0.4 is 24.8 Å². The minimum Gasteiger partial charge on any atom is -0.508 e. The number of rotatable bonds is 18.